The van der Waals surface area contributed by atoms with Crippen LogP contribution in [0.5, 0.6) is 0 Å². The van der Waals surface area contributed by atoms with Crippen LogP contribution in [0, 0.1) is 0 Å². The van der Waals surface area contributed by atoms with Crippen molar-refractivity contribution < 1.29 is 18.0 Å². The lowest BCUT2D eigenvalue weighted by atomic mass is 10.0. The molecule has 2 heterocycles. The minimum absolute atomic E-state index is 0.223. The second-order valence-corrected chi connectivity index (χ2v) is 4.82. The number of piperidine rings is 1. The van der Waals surface area contributed by atoms with E-state index in [1.54, 1.807) is 0 Å². The second-order valence-electron chi connectivity index (χ2n) is 4.82. The van der Waals surface area contributed by atoms with Crippen LogP contribution >= 0.6 is 0 Å². The lowest BCUT2D eigenvalue weighted by Crippen LogP contribution is -2.58. The van der Waals surface area contributed by atoms with E-state index in [2.05, 4.69) is 5.32 Å². The van der Waals surface area contributed by atoms with Gasteiger partial charge in [-0.05, 0) is 12.8 Å². The standard InChI is InChI=1S/C11H18F3N3O/c12-11(13,14)8-17-5-1-2-9(10(17)18)16-6-3-15-4-7-16/h9,15H,1-8H2. The molecule has 7 heteroatoms. The van der Waals surface area contributed by atoms with Crippen LogP contribution in [0.3, 0.4) is 0 Å². The van der Waals surface area contributed by atoms with E-state index in [0.29, 0.717) is 12.8 Å². The van der Waals surface area contributed by atoms with E-state index in [9.17, 15) is 18.0 Å². The molecule has 104 valence electrons. The molecular weight excluding hydrogens is 247 g/mol. The van der Waals surface area contributed by atoms with Gasteiger partial charge in [-0.2, -0.15) is 13.2 Å². The molecule has 0 aliphatic carbocycles. The number of hydrogen-bond donors (Lipinski definition) is 1. The first-order valence-electron chi connectivity index (χ1n) is 6.28. The van der Waals surface area contributed by atoms with Crippen LogP contribution in [0.1, 0.15) is 12.8 Å². The molecule has 2 aliphatic heterocycles. The molecule has 18 heavy (non-hydrogen) atoms. The van der Waals surface area contributed by atoms with Gasteiger partial charge in [-0.25, -0.2) is 0 Å². The van der Waals surface area contributed by atoms with Crippen LogP contribution in [0.15, 0.2) is 0 Å². The highest BCUT2D eigenvalue weighted by molar-refractivity contribution is 5.82. The number of alkyl halides is 3. The molecule has 0 aromatic heterocycles. The molecule has 0 saturated carbocycles. The molecule has 0 aromatic rings. The van der Waals surface area contributed by atoms with Crippen molar-refractivity contribution >= 4 is 5.91 Å². The molecule has 2 rings (SSSR count). The van der Waals surface area contributed by atoms with Gasteiger partial charge >= 0.3 is 6.18 Å². The Morgan fingerprint density at radius 3 is 2.50 bits per heavy atom. The molecule has 2 saturated heterocycles. The van der Waals surface area contributed by atoms with Crippen molar-refractivity contribution in [3.05, 3.63) is 0 Å². The summed E-state index contributed by atoms with van der Waals surface area (Å²) in [5, 5.41) is 3.17. The average molecular weight is 265 g/mol. The predicted molar refractivity (Wildman–Crippen MR) is 60.1 cm³/mol. The largest absolute Gasteiger partial charge is 0.406 e. The quantitative estimate of drug-likeness (QED) is 0.787. The molecule has 1 N–H and O–H groups in total. The highest BCUT2D eigenvalue weighted by Gasteiger charge is 2.39. The monoisotopic (exact) mass is 265 g/mol. The van der Waals surface area contributed by atoms with Crippen molar-refractivity contribution in [2.24, 2.45) is 0 Å². The SMILES string of the molecule is O=C1C(N2CCNCC2)CCCN1CC(F)(F)F. The zero-order chi connectivity index (χ0) is 13.2. The molecule has 1 unspecified atom stereocenters. The van der Waals surface area contributed by atoms with Gasteiger partial charge in [-0.1, -0.05) is 0 Å². The fourth-order valence-corrected chi connectivity index (χ4v) is 2.63. The smallest absolute Gasteiger partial charge is 0.332 e. The van der Waals surface area contributed by atoms with Crippen molar-refractivity contribution in [2.75, 3.05) is 39.3 Å². The Morgan fingerprint density at radius 1 is 1.22 bits per heavy atom. The number of rotatable bonds is 2. The van der Waals surface area contributed by atoms with Crippen molar-refractivity contribution in [1.82, 2.24) is 15.1 Å². The van der Waals surface area contributed by atoms with Crippen LogP contribution < -0.4 is 5.32 Å². The van der Waals surface area contributed by atoms with Gasteiger partial charge in [0.15, 0.2) is 0 Å². The zero-order valence-corrected chi connectivity index (χ0v) is 10.2. The number of likely N-dealkylation sites (tertiary alicyclic amines) is 1. The molecule has 4 nitrogen and oxygen atoms in total. The number of carbonyl (C=O) groups excluding carboxylic acids is 1. The molecule has 0 bridgehead atoms. The molecule has 1 atom stereocenters. The van der Waals surface area contributed by atoms with Crippen LogP contribution in [0.4, 0.5) is 13.2 Å². The van der Waals surface area contributed by atoms with E-state index in [4.69, 9.17) is 0 Å². The van der Waals surface area contributed by atoms with Crippen molar-refractivity contribution in [1.29, 1.82) is 0 Å². The van der Waals surface area contributed by atoms with Gasteiger partial charge in [0.1, 0.15) is 6.54 Å². The average Bonchev–Trinajstić information content (AvgIpc) is 2.31. The van der Waals surface area contributed by atoms with Gasteiger partial charge in [0.05, 0.1) is 6.04 Å². The first kappa shape index (κ1) is 13.6. The number of nitrogens with one attached hydrogen (secondary N) is 1. The highest BCUT2D eigenvalue weighted by Crippen LogP contribution is 2.23. The van der Waals surface area contributed by atoms with E-state index < -0.39 is 12.7 Å². The Hall–Kier alpha value is -0.820. The number of hydrogen-bond acceptors (Lipinski definition) is 3. The van der Waals surface area contributed by atoms with E-state index in [1.807, 2.05) is 4.90 Å². The topological polar surface area (TPSA) is 35.6 Å². The van der Waals surface area contributed by atoms with Crippen molar-refractivity contribution in [2.45, 2.75) is 25.1 Å². The van der Waals surface area contributed by atoms with E-state index >= 15 is 0 Å². The Morgan fingerprint density at radius 2 is 1.89 bits per heavy atom. The summed E-state index contributed by atoms with van der Waals surface area (Å²) in [6, 6.07) is -0.358. The van der Waals surface area contributed by atoms with Gasteiger partial charge in [0.25, 0.3) is 0 Å². The minimum Gasteiger partial charge on any atom is -0.332 e. The maximum absolute atomic E-state index is 12.4. The summed E-state index contributed by atoms with van der Waals surface area (Å²) in [5.41, 5.74) is 0. The Balaban J connectivity index is 1.97. The molecule has 1 amide bonds. The maximum Gasteiger partial charge on any atom is 0.406 e. The lowest BCUT2D eigenvalue weighted by molar-refractivity contribution is -0.167. The van der Waals surface area contributed by atoms with Crippen molar-refractivity contribution in [3.8, 4) is 0 Å². The predicted octanol–water partition coefficient (Wildman–Crippen LogP) is 0.445. The number of nitrogens with zero attached hydrogens (tertiary/aromatic N) is 2. The van der Waals surface area contributed by atoms with Crippen LogP contribution in [-0.4, -0.2) is 67.2 Å². The number of amides is 1. The van der Waals surface area contributed by atoms with E-state index in [0.717, 1.165) is 31.1 Å². The fraction of sp³-hybridized carbons (Fsp3) is 0.909. The summed E-state index contributed by atoms with van der Waals surface area (Å²) in [5.74, 6) is -0.361. The number of halogens is 3. The summed E-state index contributed by atoms with van der Waals surface area (Å²) in [6.45, 7) is 2.16. The maximum atomic E-state index is 12.4. The fourth-order valence-electron chi connectivity index (χ4n) is 2.63. The minimum atomic E-state index is -4.30. The van der Waals surface area contributed by atoms with Gasteiger partial charge in [0.2, 0.25) is 5.91 Å². The molecule has 0 spiro atoms. The summed E-state index contributed by atoms with van der Waals surface area (Å²) in [7, 11) is 0. The van der Waals surface area contributed by atoms with Gasteiger partial charge in [-0.3, -0.25) is 9.69 Å². The zero-order valence-electron chi connectivity index (χ0n) is 10.2. The van der Waals surface area contributed by atoms with Gasteiger partial charge in [0, 0.05) is 32.7 Å². The third-order valence-electron chi connectivity index (χ3n) is 3.46. The highest BCUT2D eigenvalue weighted by atomic mass is 19.4. The summed E-state index contributed by atoms with van der Waals surface area (Å²) >= 11 is 0. The van der Waals surface area contributed by atoms with Crippen LogP contribution in [-0.2, 0) is 4.79 Å². The summed E-state index contributed by atoms with van der Waals surface area (Å²) < 4.78 is 37.1. The Kier molecular flexibility index (Phi) is 4.11. The van der Waals surface area contributed by atoms with Gasteiger partial charge < -0.3 is 10.2 Å². The number of piperazine rings is 1. The lowest BCUT2D eigenvalue weighted by Gasteiger charge is -2.40. The Bertz CT molecular complexity index is 302. The number of carbonyl (C=O) groups is 1. The molecule has 2 aliphatic rings. The first-order valence-corrected chi connectivity index (χ1v) is 6.28. The second kappa shape index (κ2) is 5.44. The summed E-state index contributed by atoms with van der Waals surface area (Å²) in [4.78, 5) is 15.0. The Labute approximate surface area is 104 Å². The van der Waals surface area contributed by atoms with Crippen LogP contribution in [0.2, 0.25) is 0 Å². The third kappa shape index (κ3) is 3.35. The molecular formula is C11H18F3N3O. The summed E-state index contributed by atoms with van der Waals surface area (Å²) in [6.07, 6.45) is -2.98. The van der Waals surface area contributed by atoms with Gasteiger partial charge in [-0.15, -0.1) is 0 Å². The van der Waals surface area contributed by atoms with E-state index in [-0.39, 0.29) is 18.5 Å². The molecule has 2 fully saturated rings. The van der Waals surface area contributed by atoms with Crippen LogP contribution in [0.25, 0.3) is 0 Å². The molecule has 0 aromatic carbocycles. The van der Waals surface area contributed by atoms with E-state index in [1.165, 1.54) is 0 Å². The van der Waals surface area contributed by atoms with Crippen molar-refractivity contribution in [3.63, 3.8) is 0 Å². The first-order chi connectivity index (χ1) is 8.47. The third-order valence-corrected chi connectivity index (χ3v) is 3.46. The molecule has 0 radical (unpaired) electrons. The normalized spacial score (nSPS) is 27.6.